The van der Waals surface area contributed by atoms with E-state index in [0.29, 0.717) is 6.04 Å². The summed E-state index contributed by atoms with van der Waals surface area (Å²) in [6.07, 6.45) is 2.03. The van der Waals surface area contributed by atoms with Crippen molar-refractivity contribution in [2.24, 2.45) is 0 Å². The first-order valence-electron chi connectivity index (χ1n) is 7.05. The van der Waals surface area contributed by atoms with Gasteiger partial charge in [0.05, 0.1) is 0 Å². The van der Waals surface area contributed by atoms with Crippen LogP contribution in [0.3, 0.4) is 0 Å². The van der Waals surface area contributed by atoms with E-state index in [1.807, 2.05) is 36.1 Å². The van der Waals surface area contributed by atoms with Crippen molar-refractivity contribution in [3.05, 3.63) is 29.8 Å². The molecule has 1 aromatic rings. The lowest BCUT2D eigenvalue weighted by atomic mass is 10.2. The van der Waals surface area contributed by atoms with Crippen LogP contribution in [0.15, 0.2) is 24.3 Å². The molecule has 1 heterocycles. The molecule has 1 aliphatic rings. The standard InChI is InChI=1S/C15H23N3O/c1-3-10-18(14-8-9-16-11-14)15(19)17-13-6-4-12(2)5-7-13/h4-7,14,16H,3,8-11H2,1-2H3,(H,17,19). The van der Waals surface area contributed by atoms with Gasteiger partial charge in [0, 0.05) is 24.8 Å². The molecule has 2 amide bonds. The quantitative estimate of drug-likeness (QED) is 0.875. The van der Waals surface area contributed by atoms with E-state index in [1.165, 1.54) is 5.56 Å². The Hall–Kier alpha value is -1.55. The zero-order chi connectivity index (χ0) is 13.7. The van der Waals surface area contributed by atoms with Gasteiger partial charge in [-0.3, -0.25) is 0 Å². The molecule has 2 rings (SSSR count). The normalized spacial score (nSPS) is 18.3. The van der Waals surface area contributed by atoms with Crippen LogP contribution < -0.4 is 10.6 Å². The maximum Gasteiger partial charge on any atom is 0.322 e. The number of benzene rings is 1. The average Bonchev–Trinajstić information content (AvgIpc) is 2.92. The van der Waals surface area contributed by atoms with Gasteiger partial charge in [0.1, 0.15) is 0 Å². The minimum atomic E-state index is 0.0133. The molecule has 2 N–H and O–H groups in total. The van der Waals surface area contributed by atoms with Crippen molar-refractivity contribution >= 4 is 11.7 Å². The van der Waals surface area contributed by atoms with E-state index in [0.717, 1.165) is 38.2 Å². The molecule has 0 aliphatic carbocycles. The van der Waals surface area contributed by atoms with Gasteiger partial charge in [-0.1, -0.05) is 24.6 Å². The highest BCUT2D eigenvalue weighted by Crippen LogP contribution is 2.14. The van der Waals surface area contributed by atoms with Gasteiger partial charge in [-0.2, -0.15) is 0 Å². The predicted octanol–water partition coefficient (Wildman–Crippen LogP) is 2.60. The SMILES string of the molecule is CCCN(C(=O)Nc1ccc(C)cc1)C1CCNC1. The number of nitrogens with zero attached hydrogens (tertiary/aromatic N) is 1. The van der Waals surface area contributed by atoms with Crippen LogP contribution in [-0.4, -0.2) is 36.6 Å². The lowest BCUT2D eigenvalue weighted by Gasteiger charge is -2.28. The molecule has 0 bridgehead atoms. The van der Waals surface area contributed by atoms with E-state index in [-0.39, 0.29) is 6.03 Å². The highest BCUT2D eigenvalue weighted by atomic mass is 16.2. The third-order valence-electron chi connectivity index (χ3n) is 3.50. The summed E-state index contributed by atoms with van der Waals surface area (Å²) < 4.78 is 0. The Labute approximate surface area is 115 Å². The average molecular weight is 261 g/mol. The second-order valence-electron chi connectivity index (χ2n) is 5.14. The van der Waals surface area contributed by atoms with Crippen molar-refractivity contribution in [3.8, 4) is 0 Å². The van der Waals surface area contributed by atoms with Gasteiger partial charge in [0.15, 0.2) is 0 Å². The number of aryl methyl sites for hydroxylation is 1. The van der Waals surface area contributed by atoms with Gasteiger partial charge in [0.2, 0.25) is 0 Å². The molecule has 1 aromatic carbocycles. The highest BCUT2D eigenvalue weighted by Gasteiger charge is 2.25. The van der Waals surface area contributed by atoms with Crippen molar-refractivity contribution in [2.45, 2.75) is 32.7 Å². The van der Waals surface area contributed by atoms with Crippen molar-refractivity contribution in [2.75, 3.05) is 25.0 Å². The number of rotatable bonds is 4. The van der Waals surface area contributed by atoms with Crippen molar-refractivity contribution < 1.29 is 4.79 Å². The maximum atomic E-state index is 12.4. The van der Waals surface area contributed by atoms with Gasteiger partial charge in [-0.25, -0.2) is 4.79 Å². The van der Waals surface area contributed by atoms with Crippen molar-refractivity contribution in [3.63, 3.8) is 0 Å². The van der Waals surface area contributed by atoms with E-state index < -0.39 is 0 Å². The summed E-state index contributed by atoms with van der Waals surface area (Å²) in [6.45, 7) is 6.86. The molecule has 4 heteroatoms. The van der Waals surface area contributed by atoms with Gasteiger partial charge >= 0.3 is 6.03 Å². The lowest BCUT2D eigenvalue weighted by molar-refractivity contribution is 0.192. The number of carbonyl (C=O) groups excluding carboxylic acids is 1. The van der Waals surface area contributed by atoms with Gasteiger partial charge < -0.3 is 15.5 Å². The van der Waals surface area contributed by atoms with Gasteiger partial charge in [-0.15, -0.1) is 0 Å². The van der Waals surface area contributed by atoms with E-state index in [9.17, 15) is 4.79 Å². The molecule has 1 unspecified atom stereocenters. The third-order valence-corrected chi connectivity index (χ3v) is 3.50. The van der Waals surface area contributed by atoms with Crippen molar-refractivity contribution in [1.29, 1.82) is 0 Å². The first kappa shape index (κ1) is 13.9. The molecule has 1 saturated heterocycles. The zero-order valence-corrected chi connectivity index (χ0v) is 11.8. The summed E-state index contributed by atoms with van der Waals surface area (Å²) in [5.74, 6) is 0. The number of carbonyl (C=O) groups is 1. The molecule has 0 saturated carbocycles. The molecule has 0 spiro atoms. The van der Waals surface area contributed by atoms with Gasteiger partial charge in [-0.05, 0) is 38.4 Å². The fourth-order valence-corrected chi connectivity index (χ4v) is 2.43. The van der Waals surface area contributed by atoms with Crippen LogP contribution in [0, 0.1) is 6.92 Å². The highest BCUT2D eigenvalue weighted by molar-refractivity contribution is 5.89. The molecular formula is C15H23N3O. The largest absolute Gasteiger partial charge is 0.322 e. The minimum absolute atomic E-state index is 0.0133. The predicted molar refractivity (Wildman–Crippen MR) is 78.5 cm³/mol. The summed E-state index contributed by atoms with van der Waals surface area (Å²) in [7, 11) is 0. The number of hydrogen-bond donors (Lipinski definition) is 2. The minimum Gasteiger partial charge on any atom is -0.320 e. The maximum absolute atomic E-state index is 12.4. The molecule has 104 valence electrons. The number of hydrogen-bond acceptors (Lipinski definition) is 2. The smallest absolute Gasteiger partial charge is 0.320 e. The lowest BCUT2D eigenvalue weighted by Crippen LogP contribution is -2.44. The van der Waals surface area contributed by atoms with Crippen LogP contribution in [0.5, 0.6) is 0 Å². The Balaban J connectivity index is 2.00. The molecule has 4 nitrogen and oxygen atoms in total. The number of urea groups is 1. The first-order chi connectivity index (χ1) is 9.20. The summed E-state index contributed by atoms with van der Waals surface area (Å²) in [5, 5.41) is 6.31. The monoisotopic (exact) mass is 261 g/mol. The van der Waals surface area contributed by atoms with Crippen LogP contribution in [0.25, 0.3) is 0 Å². The summed E-state index contributed by atoms with van der Waals surface area (Å²) in [5.41, 5.74) is 2.06. The zero-order valence-electron chi connectivity index (χ0n) is 11.8. The Morgan fingerprint density at radius 3 is 2.74 bits per heavy atom. The molecule has 1 fully saturated rings. The second kappa shape index (κ2) is 6.57. The van der Waals surface area contributed by atoms with Gasteiger partial charge in [0.25, 0.3) is 0 Å². The Bertz CT molecular complexity index is 410. The summed E-state index contributed by atoms with van der Waals surface area (Å²) >= 11 is 0. The number of amides is 2. The molecule has 1 atom stereocenters. The second-order valence-corrected chi connectivity index (χ2v) is 5.14. The fraction of sp³-hybridized carbons (Fsp3) is 0.533. The Kier molecular flexibility index (Phi) is 4.80. The van der Waals surface area contributed by atoms with E-state index in [1.54, 1.807) is 0 Å². The molecule has 1 aliphatic heterocycles. The Morgan fingerprint density at radius 1 is 1.42 bits per heavy atom. The van der Waals surface area contributed by atoms with Crippen LogP contribution in [0.1, 0.15) is 25.3 Å². The topological polar surface area (TPSA) is 44.4 Å². The molecule has 19 heavy (non-hydrogen) atoms. The number of anilines is 1. The van der Waals surface area contributed by atoms with Crippen LogP contribution in [0.2, 0.25) is 0 Å². The fourth-order valence-electron chi connectivity index (χ4n) is 2.43. The number of nitrogens with one attached hydrogen (secondary N) is 2. The summed E-state index contributed by atoms with van der Waals surface area (Å²) in [6, 6.07) is 8.26. The molecular weight excluding hydrogens is 238 g/mol. The molecule has 0 radical (unpaired) electrons. The van der Waals surface area contributed by atoms with Crippen LogP contribution >= 0.6 is 0 Å². The van der Waals surface area contributed by atoms with E-state index in [2.05, 4.69) is 17.6 Å². The first-order valence-corrected chi connectivity index (χ1v) is 7.05. The van der Waals surface area contributed by atoms with Crippen molar-refractivity contribution in [1.82, 2.24) is 10.2 Å². The van der Waals surface area contributed by atoms with Crippen LogP contribution in [0.4, 0.5) is 10.5 Å². The van der Waals surface area contributed by atoms with Crippen LogP contribution in [-0.2, 0) is 0 Å². The summed E-state index contributed by atoms with van der Waals surface area (Å²) in [4.78, 5) is 14.3. The molecule has 0 aromatic heterocycles. The van der Waals surface area contributed by atoms with E-state index in [4.69, 9.17) is 0 Å². The third kappa shape index (κ3) is 3.70. The van der Waals surface area contributed by atoms with E-state index >= 15 is 0 Å². The Morgan fingerprint density at radius 2 is 2.16 bits per heavy atom.